The number of unbranched alkanes of at least 4 members (excludes halogenated alkanes) is 7. The van der Waals surface area contributed by atoms with Gasteiger partial charge in [0.05, 0.1) is 25.9 Å². The largest absolute Gasteiger partial charge is 0.472 e. The van der Waals surface area contributed by atoms with Crippen LogP contribution < -0.4 is 0 Å². The van der Waals surface area contributed by atoms with Crippen LogP contribution in [0, 0.1) is 5.92 Å². The maximum atomic E-state index is 12.6. The number of rotatable bonds is 35. The number of carbonyl (C=O) groups excluding carboxylic acids is 2. The smallest absolute Gasteiger partial charge is 0.462 e. The summed E-state index contributed by atoms with van der Waals surface area (Å²) in [6.45, 7) is 4.29. The van der Waals surface area contributed by atoms with Gasteiger partial charge in [-0.05, 0) is 50.9 Å². The molecule has 0 aromatic rings. The summed E-state index contributed by atoms with van der Waals surface area (Å²) in [5.41, 5.74) is 0. The van der Waals surface area contributed by atoms with Crippen LogP contribution in [0.2, 0.25) is 0 Å². The molecule has 0 heterocycles. The Bertz CT molecular complexity index is 1160. The lowest BCUT2D eigenvalue weighted by Gasteiger charge is -2.20. The lowest BCUT2D eigenvalue weighted by molar-refractivity contribution is -0.161. The van der Waals surface area contributed by atoms with E-state index in [1.54, 1.807) is 24.3 Å². The van der Waals surface area contributed by atoms with Gasteiger partial charge in [0.2, 0.25) is 0 Å². The number of hydrogen-bond acceptors (Lipinski definition) is 10. The van der Waals surface area contributed by atoms with E-state index in [-0.39, 0.29) is 19.4 Å². The minimum absolute atomic E-state index is 0.0253. The number of aliphatic hydroxyl groups excluding tert-OH is 3. The van der Waals surface area contributed by atoms with Gasteiger partial charge in [-0.1, -0.05) is 145 Å². The Balaban J connectivity index is 4.60. The Morgan fingerprint density at radius 3 is 1.91 bits per heavy atom. The van der Waals surface area contributed by atoms with Crippen LogP contribution in [0.15, 0.2) is 72.9 Å². The van der Waals surface area contributed by atoms with Gasteiger partial charge in [0.15, 0.2) is 6.10 Å². The first-order chi connectivity index (χ1) is 26.0. The minimum atomic E-state index is -4.66. The Kier molecular flexibility index (Phi) is 34.3. The number of phosphoric ester groups is 1. The van der Waals surface area contributed by atoms with Gasteiger partial charge in [0.1, 0.15) is 12.7 Å². The molecule has 0 spiro atoms. The summed E-state index contributed by atoms with van der Waals surface area (Å²) in [6, 6.07) is 0. The van der Waals surface area contributed by atoms with Crippen LogP contribution in [0.4, 0.5) is 0 Å². The first-order valence-corrected chi connectivity index (χ1v) is 21.4. The molecule has 4 N–H and O–H groups in total. The van der Waals surface area contributed by atoms with Gasteiger partial charge in [-0.3, -0.25) is 18.6 Å². The number of allylic oxidation sites excluding steroid dienone is 10. The van der Waals surface area contributed by atoms with E-state index < -0.39 is 57.9 Å². The van der Waals surface area contributed by atoms with Gasteiger partial charge in [0, 0.05) is 12.8 Å². The fourth-order valence-corrected chi connectivity index (χ4v) is 5.61. The highest BCUT2D eigenvalue weighted by Crippen LogP contribution is 2.43. The summed E-state index contributed by atoms with van der Waals surface area (Å²) < 4.78 is 32.4. The molecule has 310 valence electrons. The van der Waals surface area contributed by atoms with Gasteiger partial charge in [0.25, 0.3) is 0 Å². The second-order valence-electron chi connectivity index (χ2n) is 13.6. The van der Waals surface area contributed by atoms with E-state index in [1.165, 1.54) is 32.1 Å². The molecule has 2 unspecified atom stereocenters. The van der Waals surface area contributed by atoms with Gasteiger partial charge >= 0.3 is 19.8 Å². The molecule has 12 heteroatoms. The van der Waals surface area contributed by atoms with E-state index in [0.717, 1.165) is 50.9 Å². The molecule has 0 aliphatic rings. The predicted molar refractivity (Wildman–Crippen MR) is 216 cm³/mol. The van der Waals surface area contributed by atoms with Crippen molar-refractivity contribution in [3.8, 4) is 0 Å². The number of aliphatic hydroxyl groups is 3. The third kappa shape index (κ3) is 36.4. The second-order valence-corrected chi connectivity index (χ2v) is 15.1. The maximum Gasteiger partial charge on any atom is 0.472 e. The summed E-state index contributed by atoms with van der Waals surface area (Å²) in [5.74, 6) is -0.368. The molecule has 0 saturated heterocycles. The van der Waals surface area contributed by atoms with Crippen LogP contribution >= 0.6 is 7.82 Å². The number of esters is 2. The molecule has 4 atom stereocenters. The molecular formula is C42H71O11P. The lowest BCUT2D eigenvalue weighted by atomic mass is 10.0. The van der Waals surface area contributed by atoms with Crippen molar-refractivity contribution in [2.24, 2.45) is 5.92 Å². The van der Waals surface area contributed by atoms with Gasteiger partial charge < -0.3 is 29.7 Å². The SMILES string of the molecule is CC/C=C\C/C=C\C/C=C\C/C=C\C=C/C(O)C/C=C\CCC(=O)O[C@H](COC(=O)CCCCCCCCCCC(C)C)COP(=O)(O)OC[C@@H](O)CO. The standard InChI is InChI=1S/C42H71O11P/c1-4-5-6-7-8-9-10-11-12-13-17-20-24-29-38(44)30-25-22-27-32-42(47)53-40(36-52-54(48,49)51-34-39(45)33-43)35-50-41(46)31-26-21-18-15-14-16-19-23-28-37(2)3/h5-6,8-9,11-12,17,20,22,24-25,29,37-40,43-45H,4,7,10,13-16,18-19,21,23,26-28,30-36H2,1-3H3,(H,48,49)/b6-5-,9-8-,12-11-,20-17-,25-22-,29-24-/t38?,39-,40+/m0/s1. The summed E-state index contributed by atoms with van der Waals surface area (Å²) in [7, 11) is -4.66. The quantitative estimate of drug-likeness (QED) is 0.0159. The van der Waals surface area contributed by atoms with Crippen LogP contribution in [0.5, 0.6) is 0 Å². The van der Waals surface area contributed by atoms with Gasteiger partial charge in [-0.25, -0.2) is 4.57 Å². The monoisotopic (exact) mass is 782 g/mol. The Labute approximate surface area is 325 Å². The van der Waals surface area contributed by atoms with Crippen LogP contribution in [-0.4, -0.2) is 76.9 Å². The van der Waals surface area contributed by atoms with E-state index in [0.29, 0.717) is 19.3 Å². The summed E-state index contributed by atoms with van der Waals surface area (Å²) >= 11 is 0. The number of ether oxygens (including phenoxy) is 2. The third-order valence-electron chi connectivity index (χ3n) is 7.90. The van der Waals surface area contributed by atoms with Crippen molar-refractivity contribution >= 4 is 19.8 Å². The van der Waals surface area contributed by atoms with Crippen molar-refractivity contribution in [3.63, 3.8) is 0 Å². The molecule has 54 heavy (non-hydrogen) atoms. The van der Waals surface area contributed by atoms with Crippen LogP contribution in [0.25, 0.3) is 0 Å². The molecule has 0 rings (SSSR count). The highest BCUT2D eigenvalue weighted by molar-refractivity contribution is 7.47. The zero-order valence-electron chi connectivity index (χ0n) is 33.2. The minimum Gasteiger partial charge on any atom is -0.462 e. The molecule has 11 nitrogen and oxygen atoms in total. The summed E-state index contributed by atoms with van der Waals surface area (Å²) in [6.07, 6.45) is 35.0. The Morgan fingerprint density at radius 1 is 0.685 bits per heavy atom. The van der Waals surface area contributed by atoms with Crippen LogP contribution in [0.1, 0.15) is 130 Å². The maximum absolute atomic E-state index is 12.6. The summed E-state index contributed by atoms with van der Waals surface area (Å²) in [4.78, 5) is 34.8. The predicted octanol–water partition coefficient (Wildman–Crippen LogP) is 8.93. The van der Waals surface area contributed by atoms with Gasteiger partial charge in [-0.15, -0.1) is 0 Å². The number of phosphoric acid groups is 1. The third-order valence-corrected chi connectivity index (χ3v) is 8.85. The Morgan fingerprint density at radius 2 is 1.28 bits per heavy atom. The normalized spacial score (nSPS) is 15.4. The van der Waals surface area contributed by atoms with E-state index in [4.69, 9.17) is 19.1 Å². The van der Waals surface area contributed by atoms with Crippen molar-refractivity contribution in [1.82, 2.24) is 0 Å². The van der Waals surface area contributed by atoms with Crippen molar-refractivity contribution < 1.29 is 52.9 Å². The topological polar surface area (TPSA) is 169 Å². The number of hydrogen-bond donors (Lipinski definition) is 4. The Hall–Kier alpha value is -2.63. The highest BCUT2D eigenvalue weighted by Gasteiger charge is 2.27. The molecule has 0 fully saturated rings. The molecule has 0 radical (unpaired) electrons. The van der Waals surface area contributed by atoms with Crippen molar-refractivity contribution in [2.45, 2.75) is 148 Å². The van der Waals surface area contributed by atoms with E-state index in [1.807, 2.05) is 12.2 Å². The van der Waals surface area contributed by atoms with E-state index in [9.17, 15) is 29.3 Å². The first-order valence-electron chi connectivity index (χ1n) is 19.9. The van der Waals surface area contributed by atoms with Gasteiger partial charge in [-0.2, -0.15) is 0 Å². The molecule has 0 saturated carbocycles. The molecule has 0 aliphatic carbocycles. The molecule has 0 aliphatic heterocycles. The molecule has 0 aromatic heterocycles. The molecular weight excluding hydrogens is 711 g/mol. The molecule has 0 aromatic carbocycles. The molecule has 0 amide bonds. The lowest BCUT2D eigenvalue weighted by Crippen LogP contribution is -2.29. The second kappa shape index (κ2) is 36.0. The number of carbonyl (C=O) groups is 2. The van der Waals surface area contributed by atoms with E-state index >= 15 is 0 Å². The zero-order chi connectivity index (χ0) is 40.1. The van der Waals surface area contributed by atoms with Crippen molar-refractivity contribution in [1.29, 1.82) is 0 Å². The fraction of sp³-hybridized carbons (Fsp3) is 0.667. The fourth-order valence-electron chi connectivity index (χ4n) is 4.82. The van der Waals surface area contributed by atoms with Crippen molar-refractivity contribution in [3.05, 3.63) is 72.9 Å². The average Bonchev–Trinajstić information content (AvgIpc) is 3.14. The highest BCUT2D eigenvalue weighted by atomic mass is 31.2. The van der Waals surface area contributed by atoms with Crippen LogP contribution in [0.3, 0.4) is 0 Å². The molecule has 0 bridgehead atoms. The van der Waals surface area contributed by atoms with E-state index in [2.05, 4.69) is 61.8 Å². The van der Waals surface area contributed by atoms with Crippen LogP contribution in [-0.2, 0) is 32.7 Å². The first kappa shape index (κ1) is 51.4. The van der Waals surface area contributed by atoms with Crippen molar-refractivity contribution in [2.75, 3.05) is 26.4 Å². The zero-order valence-corrected chi connectivity index (χ0v) is 34.1. The average molecular weight is 783 g/mol. The summed E-state index contributed by atoms with van der Waals surface area (Å²) in [5, 5.41) is 28.5.